The molecule has 1 aliphatic heterocycles. The smallest absolute Gasteiger partial charge is 0.342 e. The Balaban J connectivity index is 1.57. The van der Waals surface area contributed by atoms with Crippen LogP contribution < -0.4 is 4.74 Å². The van der Waals surface area contributed by atoms with Crippen molar-refractivity contribution in [3.05, 3.63) is 45.6 Å². The number of phenolic OH excluding ortho intramolecular Hbond substituents is 1. The zero-order valence-corrected chi connectivity index (χ0v) is 14.0. The van der Waals surface area contributed by atoms with E-state index in [1.54, 1.807) is 22.3 Å². The minimum Gasteiger partial charge on any atom is -0.507 e. The third kappa shape index (κ3) is 3.35. The highest BCUT2D eigenvalue weighted by molar-refractivity contribution is 7.10. The first-order valence-electron chi connectivity index (χ1n) is 7.45. The molecule has 0 unspecified atom stereocenters. The van der Waals surface area contributed by atoms with E-state index in [4.69, 9.17) is 9.47 Å². The van der Waals surface area contributed by atoms with E-state index in [0.29, 0.717) is 18.8 Å². The lowest BCUT2D eigenvalue weighted by molar-refractivity contribution is -0.135. The highest BCUT2D eigenvalue weighted by atomic mass is 32.1. The van der Waals surface area contributed by atoms with Crippen molar-refractivity contribution < 1.29 is 24.2 Å². The summed E-state index contributed by atoms with van der Waals surface area (Å²) in [4.78, 5) is 27.2. The molecule has 1 N–H and O–H groups in total. The molecule has 1 amide bonds. The number of hydrogen-bond donors (Lipinski definition) is 1. The molecule has 3 rings (SSSR count). The van der Waals surface area contributed by atoms with Gasteiger partial charge in [0.1, 0.15) is 17.1 Å². The summed E-state index contributed by atoms with van der Waals surface area (Å²) in [5, 5.41) is 11.8. The molecule has 0 saturated heterocycles. The fraction of sp³-hybridized carbons (Fsp3) is 0.294. The average Bonchev–Trinajstić information content (AvgIpc) is 3.06. The van der Waals surface area contributed by atoms with Crippen molar-refractivity contribution in [2.45, 2.75) is 13.0 Å². The highest BCUT2D eigenvalue weighted by Crippen LogP contribution is 2.25. The molecule has 0 fully saturated rings. The highest BCUT2D eigenvalue weighted by Gasteiger charge is 2.23. The van der Waals surface area contributed by atoms with Crippen molar-refractivity contribution in [2.24, 2.45) is 0 Å². The van der Waals surface area contributed by atoms with Crippen LogP contribution in [-0.2, 0) is 22.5 Å². The van der Waals surface area contributed by atoms with Gasteiger partial charge in [-0.05, 0) is 35.6 Å². The van der Waals surface area contributed by atoms with Gasteiger partial charge in [0.15, 0.2) is 6.61 Å². The topological polar surface area (TPSA) is 76.1 Å². The Kier molecular flexibility index (Phi) is 4.71. The molecule has 0 aliphatic carbocycles. The molecular formula is C17H17NO5S. The number of ether oxygens (including phenoxy) is 2. The number of carbonyl (C=O) groups excluding carboxylic acids is 2. The molecule has 7 heteroatoms. The number of nitrogens with zero attached hydrogens (tertiary/aromatic N) is 1. The maximum Gasteiger partial charge on any atom is 0.342 e. The van der Waals surface area contributed by atoms with Crippen LogP contribution >= 0.6 is 11.3 Å². The summed E-state index contributed by atoms with van der Waals surface area (Å²) in [5.41, 5.74) is 1.15. The number of thiophene rings is 1. The molecule has 1 aromatic heterocycles. The van der Waals surface area contributed by atoms with Crippen LogP contribution in [-0.4, -0.2) is 42.1 Å². The van der Waals surface area contributed by atoms with E-state index >= 15 is 0 Å². The number of phenols is 1. The predicted molar refractivity (Wildman–Crippen MR) is 88.4 cm³/mol. The van der Waals surface area contributed by atoms with Crippen molar-refractivity contribution in [3.8, 4) is 11.5 Å². The van der Waals surface area contributed by atoms with E-state index in [2.05, 4.69) is 0 Å². The molecule has 2 aromatic rings. The second-order valence-electron chi connectivity index (χ2n) is 5.39. The lowest BCUT2D eigenvalue weighted by atomic mass is 10.1. The van der Waals surface area contributed by atoms with Gasteiger partial charge in [-0.2, -0.15) is 0 Å². The second-order valence-corrected chi connectivity index (χ2v) is 6.39. The van der Waals surface area contributed by atoms with Gasteiger partial charge in [0.05, 0.1) is 7.11 Å². The number of benzene rings is 1. The summed E-state index contributed by atoms with van der Waals surface area (Å²) in [6.07, 6.45) is 0.825. The Hall–Kier alpha value is -2.54. The van der Waals surface area contributed by atoms with Gasteiger partial charge in [0.25, 0.3) is 5.91 Å². The first kappa shape index (κ1) is 16.3. The molecule has 1 aromatic carbocycles. The number of esters is 1. The first-order valence-corrected chi connectivity index (χ1v) is 8.33. The number of carbonyl (C=O) groups is 2. The predicted octanol–water partition coefficient (Wildman–Crippen LogP) is 2.20. The van der Waals surface area contributed by atoms with E-state index in [9.17, 15) is 14.7 Å². The molecule has 1 aliphatic rings. The van der Waals surface area contributed by atoms with E-state index in [-0.39, 0.29) is 23.8 Å². The third-order valence-corrected chi connectivity index (χ3v) is 4.93. The summed E-state index contributed by atoms with van der Waals surface area (Å²) in [7, 11) is 1.46. The molecule has 126 valence electrons. The summed E-state index contributed by atoms with van der Waals surface area (Å²) in [6, 6.07) is 6.28. The molecule has 0 atom stereocenters. The fourth-order valence-corrected chi connectivity index (χ4v) is 3.46. The van der Waals surface area contributed by atoms with Gasteiger partial charge in [0.2, 0.25) is 0 Å². The number of fused-ring (bicyclic) bond motifs is 1. The normalized spacial score (nSPS) is 13.3. The summed E-state index contributed by atoms with van der Waals surface area (Å²) in [6.45, 7) is 0.824. The van der Waals surface area contributed by atoms with Crippen LogP contribution in [0.5, 0.6) is 11.5 Å². The molecule has 24 heavy (non-hydrogen) atoms. The minimum atomic E-state index is -0.739. The lowest BCUT2D eigenvalue weighted by Crippen LogP contribution is -2.38. The van der Waals surface area contributed by atoms with Gasteiger partial charge in [-0.3, -0.25) is 4.79 Å². The van der Waals surface area contributed by atoms with E-state index in [1.807, 2.05) is 11.4 Å². The Bertz CT molecular complexity index is 770. The summed E-state index contributed by atoms with van der Waals surface area (Å²) >= 11 is 1.70. The zero-order valence-electron chi connectivity index (χ0n) is 13.2. The molecule has 0 radical (unpaired) electrons. The van der Waals surface area contributed by atoms with Crippen LogP contribution in [0.15, 0.2) is 29.6 Å². The van der Waals surface area contributed by atoms with Gasteiger partial charge in [-0.25, -0.2) is 4.79 Å². The Labute approximate surface area is 143 Å². The van der Waals surface area contributed by atoms with E-state index < -0.39 is 5.97 Å². The SMILES string of the molecule is COc1ccc(C(=O)OCC(=O)N2CCc3sccc3C2)c(O)c1. The number of aromatic hydroxyl groups is 1. The van der Waals surface area contributed by atoms with E-state index in [1.165, 1.54) is 24.1 Å². The van der Waals surface area contributed by atoms with Crippen LogP contribution in [0.25, 0.3) is 0 Å². The molecule has 2 heterocycles. The van der Waals surface area contributed by atoms with Crippen molar-refractivity contribution in [2.75, 3.05) is 20.3 Å². The van der Waals surface area contributed by atoms with Crippen molar-refractivity contribution >= 4 is 23.2 Å². The van der Waals surface area contributed by atoms with E-state index in [0.717, 1.165) is 12.0 Å². The van der Waals surface area contributed by atoms with Gasteiger partial charge in [-0.1, -0.05) is 0 Å². The number of rotatable bonds is 4. The molecule has 0 spiro atoms. The molecular weight excluding hydrogens is 330 g/mol. The largest absolute Gasteiger partial charge is 0.507 e. The number of methoxy groups -OCH3 is 1. The number of amides is 1. The Morgan fingerprint density at radius 1 is 1.33 bits per heavy atom. The summed E-state index contributed by atoms with van der Waals surface area (Å²) in [5.74, 6) is -0.794. The summed E-state index contributed by atoms with van der Waals surface area (Å²) < 4.78 is 10.00. The third-order valence-electron chi connectivity index (χ3n) is 3.91. The second kappa shape index (κ2) is 6.92. The molecule has 0 saturated carbocycles. The molecule has 0 bridgehead atoms. The quantitative estimate of drug-likeness (QED) is 0.858. The first-order chi connectivity index (χ1) is 11.6. The fourth-order valence-electron chi connectivity index (χ4n) is 2.57. The van der Waals surface area contributed by atoms with Crippen molar-refractivity contribution in [1.29, 1.82) is 0 Å². The van der Waals surface area contributed by atoms with Crippen molar-refractivity contribution in [3.63, 3.8) is 0 Å². The monoisotopic (exact) mass is 347 g/mol. The molecule has 6 nitrogen and oxygen atoms in total. The van der Waals surface area contributed by atoms with Crippen LogP contribution in [0, 0.1) is 0 Å². The standard InChI is InChI=1S/C17H17NO5S/c1-22-12-2-3-13(14(19)8-12)17(21)23-10-16(20)18-6-4-15-11(9-18)5-7-24-15/h2-3,5,7-8,19H,4,6,9-10H2,1H3. The maximum atomic E-state index is 12.2. The van der Waals surface area contributed by atoms with Crippen LogP contribution in [0.4, 0.5) is 0 Å². The van der Waals surface area contributed by atoms with Gasteiger partial charge >= 0.3 is 5.97 Å². The van der Waals surface area contributed by atoms with Crippen LogP contribution in [0.2, 0.25) is 0 Å². The van der Waals surface area contributed by atoms with Crippen molar-refractivity contribution in [1.82, 2.24) is 4.90 Å². The van der Waals surface area contributed by atoms with Gasteiger partial charge in [0, 0.05) is 24.0 Å². The lowest BCUT2D eigenvalue weighted by Gasteiger charge is -2.26. The van der Waals surface area contributed by atoms with Crippen LogP contribution in [0.3, 0.4) is 0 Å². The zero-order chi connectivity index (χ0) is 17.1. The average molecular weight is 347 g/mol. The van der Waals surface area contributed by atoms with Gasteiger partial charge in [-0.15, -0.1) is 11.3 Å². The number of hydrogen-bond acceptors (Lipinski definition) is 6. The maximum absolute atomic E-state index is 12.2. The Morgan fingerprint density at radius 3 is 2.92 bits per heavy atom. The van der Waals surface area contributed by atoms with Crippen LogP contribution in [0.1, 0.15) is 20.8 Å². The Morgan fingerprint density at radius 2 is 2.17 bits per heavy atom. The van der Waals surface area contributed by atoms with Gasteiger partial charge < -0.3 is 19.5 Å². The minimum absolute atomic E-state index is 0.00219.